The lowest BCUT2D eigenvalue weighted by atomic mass is 10.1. The third kappa shape index (κ3) is 4.14. The minimum Gasteiger partial charge on any atom is -0.361 e. The van der Waals surface area contributed by atoms with E-state index in [9.17, 15) is 4.79 Å². The molecule has 1 N–H and O–H groups in total. The molecule has 0 aliphatic carbocycles. The van der Waals surface area contributed by atoms with E-state index in [1.807, 2.05) is 73.7 Å². The maximum absolute atomic E-state index is 12.8. The Kier molecular flexibility index (Phi) is 5.26. The molecule has 0 atom stereocenters. The standard InChI is InChI=1S/C20H22N4O/c1-23(2)13-14-24(19-9-5-6-12-21-19)20(25)11-10-16-15-22-18-8-4-3-7-17(16)18/h3-12,15,22H,13-14H2,1-2H3/b11-10+. The average Bonchev–Trinajstić information content (AvgIpc) is 3.04. The van der Waals surface area contributed by atoms with Crippen LogP contribution in [-0.2, 0) is 4.79 Å². The summed E-state index contributed by atoms with van der Waals surface area (Å²) in [4.78, 5) is 24.0. The summed E-state index contributed by atoms with van der Waals surface area (Å²) in [7, 11) is 3.98. The minimum atomic E-state index is -0.0779. The van der Waals surface area contributed by atoms with Crippen LogP contribution < -0.4 is 4.90 Å². The lowest BCUT2D eigenvalue weighted by Crippen LogP contribution is -2.36. The monoisotopic (exact) mass is 334 g/mol. The number of nitrogens with zero attached hydrogens (tertiary/aromatic N) is 3. The van der Waals surface area contributed by atoms with Crippen LogP contribution in [0.2, 0.25) is 0 Å². The Hall–Kier alpha value is -2.92. The summed E-state index contributed by atoms with van der Waals surface area (Å²) in [5, 5.41) is 1.10. The number of carbonyl (C=O) groups excluding carboxylic acids is 1. The lowest BCUT2D eigenvalue weighted by molar-refractivity contribution is -0.114. The highest BCUT2D eigenvalue weighted by Gasteiger charge is 2.14. The summed E-state index contributed by atoms with van der Waals surface area (Å²) >= 11 is 0. The molecular weight excluding hydrogens is 312 g/mol. The third-order valence-corrected chi connectivity index (χ3v) is 3.99. The zero-order chi connectivity index (χ0) is 17.6. The number of hydrogen-bond acceptors (Lipinski definition) is 3. The maximum atomic E-state index is 12.8. The van der Waals surface area contributed by atoms with Crippen LogP contribution in [0.3, 0.4) is 0 Å². The van der Waals surface area contributed by atoms with Gasteiger partial charge in [-0.25, -0.2) is 4.98 Å². The van der Waals surface area contributed by atoms with Gasteiger partial charge in [0.2, 0.25) is 0 Å². The van der Waals surface area contributed by atoms with Crippen molar-refractivity contribution in [3.8, 4) is 0 Å². The molecule has 5 heteroatoms. The summed E-state index contributed by atoms with van der Waals surface area (Å²) < 4.78 is 0. The molecule has 1 aromatic carbocycles. The smallest absolute Gasteiger partial charge is 0.252 e. The van der Waals surface area contributed by atoms with E-state index in [1.165, 1.54) is 0 Å². The Morgan fingerprint density at radius 3 is 2.68 bits per heavy atom. The first kappa shape index (κ1) is 16.9. The zero-order valence-electron chi connectivity index (χ0n) is 14.5. The SMILES string of the molecule is CN(C)CCN(C(=O)/C=C/c1c[nH]c2ccccc12)c1ccccn1. The third-order valence-electron chi connectivity index (χ3n) is 3.99. The summed E-state index contributed by atoms with van der Waals surface area (Å²) in [5.74, 6) is 0.587. The molecule has 0 spiro atoms. The van der Waals surface area contributed by atoms with Gasteiger partial charge in [0.05, 0.1) is 0 Å². The number of carbonyl (C=O) groups is 1. The van der Waals surface area contributed by atoms with Crippen LogP contribution in [0.1, 0.15) is 5.56 Å². The normalized spacial score (nSPS) is 11.5. The van der Waals surface area contributed by atoms with E-state index in [2.05, 4.69) is 9.97 Å². The fraction of sp³-hybridized carbons (Fsp3) is 0.200. The van der Waals surface area contributed by atoms with E-state index in [4.69, 9.17) is 0 Å². The Morgan fingerprint density at radius 1 is 1.12 bits per heavy atom. The number of anilines is 1. The van der Waals surface area contributed by atoms with Gasteiger partial charge >= 0.3 is 0 Å². The van der Waals surface area contributed by atoms with Crippen molar-refractivity contribution in [2.24, 2.45) is 0 Å². The minimum absolute atomic E-state index is 0.0779. The fourth-order valence-corrected chi connectivity index (χ4v) is 2.63. The number of nitrogens with one attached hydrogen (secondary N) is 1. The summed E-state index contributed by atoms with van der Waals surface area (Å²) in [6.07, 6.45) is 7.08. The molecule has 25 heavy (non-hydrogen) atoms. The van der Waals surface area contributed by atoms with E-state index >= 15 is 0 Å². The van der Waals surface area contributed by atoms with Gasteiger partial charge in [-0.05, 0) is 43.9 Å². The molecular formula is C20H22N4O. The molecule has 128 valence electrons. The quantitative estimate of drug-likeness (QED) is 0.705. The first-order chi connectivity index (χ1) is 12.1. The van der Waals surface area contributed by atoms with Gasteiger partial charge in [0, 0.05) is 42.5 Å². The molecule has 0 bridgehead atoms. The number of para-hydroxylation sites is 1. The van der Waals surface area contributed by atoms with Crippen LogP contribution >= 0.6 is 0 Å². The van der Waals surface area contributed by atoms with E-state index in [1.54, 1.807) is 17.2 Å². The predicted octanol–water partition coefficient (Wildman–Crippen LogP) is 3.17. The van der Waals surface area contributed by atoms with Crippen molar-refractivity contribution in [1.29, 1.82) is 0 Å². The largest absolute Gasteiger partial charge is 0.361 e. The van der Waals surface area contributed by atoms with Crippen molar-refractivity contribution in [3.63, 3.8) is 0 Å². The molecule has 2 aromatic heterocycles. The van der Waals surface area contributed by atoms with E-state index < -0.39 is 0 Å². The Balaban J connectivity index is 1.82. The van der Waals surface area contributed by atoms with Crippen molar-refractivity contribution in [3.05, 3.63) is 66.5 Å². The molecule has 1 amide bonds. The number of likely N-dealkylation sites (N-methyl/N-ethyl adjacent to an activating group) is 1. The molecule has 0 fully saturated rings. The number of pyridine rings is 1. The first-order valence-corrected chi connectivity index (χ1v) is 8.26. The number of benzene rings is 1. The van der Waals surface area contributed by atoms with Gasteiger partial charge in [-0.15, -0.1) is 0 Å². The fourth-order valence-electron chi connectivity index (χ4n) is 2.63. The van der Waals surface area contributed by atoms with Gasteiger partial charge in [0.25, 0.3) is 5.91 Å². The maximum Gasteiger partial charge on any atom is 0.252 e. The van der Waals surface area contributed by atoms with Crippen molar-refractivity contribution < 1.29 is 4.79 Å². The van der Waals surface area contributed by atoms with Gasteiger partial charge < -0.3 is 9.88 Å². The number of amides is 1. The topological polar surface area (TPSA) is 52.2 Å². The van der Waals surface area contributed by atoms with Gasteiger partial charge in [-0.1, -0.05) is 24.3 Å². The highest BCUT2D eigenvalue weighted by Crippen LogP contribution is 2.19. The number of hydrogen-bond donors (Lipinski definition) is 1. The van der Waals surface area contributed by atoms with Gasteiger partial charge in [0.1, 0.15) is 5.82 Å². The first-order valence-electron chi connectivity index (χ1n) is 8.26. The molecule has 0 radical (unpaired) electrons. The Morgan fingerprint density at radius 2 is 1.92 bits per heavy atom. The van der Waals surface area contributed by atoms with Crippen molar-refractivity contribution >= 4 is 28.7 Å². The van der Waals surface area contributed by atoms with Crippen LogP contribution in [0.15, 0.2) is 60.9 Å². The molecule has 0 unspecified atom stereocenters. The van der Waals surface area contributed by atoms with Crippen LogP contribution in [0, 0.1) is 0 Å². The van der Waals surface area contributed by atoms with E-state index in [-0.39, 0.29) is 5.91 Å². The molecule has 0 aliphatic rings. The second kappa shape index (κ2) is 7.77. The number of fused-ring (bicyclic) bond motifs is 1. The highest BCUT2D eigenvalue weighted by atomic mass is 16.2. The number of aromatic nitrogens is 2. The molecule has 0 saturated heterocycles. The molecule has 3 aromatic rings. The second-order valence-electron chi connectivity index (χ2n) is 6.10. The number of H-pyrrole nitrogens is 1. The average molecular weight is 334 g/mol. The zero-order valence-corrected chi connectivity index (χ0v) is 14.5. The van der Waals surface area contributed by atoms with Crippen LogP contribution in [0.4, 0.5) is 5.82 Å². The molecule has 2 heterocycles. The second-order valence-corrected chi connectivity index (χ2v) is 6.10. The molecule has 3 rings (SSSR count). The van der Waals surface area contributed by atoms with Gasteiger partial charge in [-0.2, -0.15) is 0 Å². The molecule has 0 aliphatic heterocycles. The summed E-state index contributed by atoms with van der Waals surface area (Å²) in [5.41, 5.74) is 2.06. The van der Waals surface area contributed by atoms with Crippen LogP contribution in [0.5, 0.6) is 0 Å². The van der Waals surface area contributed by atoms with E-state index in [0.29, 0.717) is 12.4 Å². The van der Waals surface area contributed by atoms with Crippen LogP contribution in [-0.4, -0.2) is 48.0 Å². The summed E-state index contributed by atoms with van der Waals surface area (Å²) in [6.45, 7) is 1.35. The van der Waals surface area contributed by atoms with Crippen molar-refractivity contribution in [2.75, 3.05) is 32.1 Å². The Bertz CT molecular complexity index is 868. The van der Waals surface area contributed by atoms with Crippen molar-refractivity contribution in [1.82, 2.24) is 14.9 Å². The summed E-state index contributed by atoms with van der Waals surface area (Å²) in [6, 6.07) is 13.6. The van der Waals surface area contributed by atoms with Gasteiger partial charge in [0.15, 0.2) is 0 Å². The van der Waals surface area contributed by atoms with Gasteiger partial charge in [-0.3, -0.25) is 9.69 Å². The predicted molar refractivity (Wildman–Crippen MR) is 102 cm³/mol. The van der Waals surface area contributed by atoms with E-state index in [0.717, 1.165) is 23.0 Å². The molecule has 0 saturated carbocycles. The Labute approximate surface area is 147 Å². The number of rotatable bonds is 6. The van der Waals surface area contributed by atoms with Crippen LogP contribution in [0.25, 0.3) is 17.0 Å². The highest BCUT2D eigenvalue weighted by molar-refractivity contribution is 6.04. The molecule has 5 nitrogen and oxygen atoms in total. The lowest BCUT2D eigenvalue weighted by Gasteiger charge is -2.22. The van der Waals surface area contributed by atoms with Crippen molar-refractivity contribution in [2.45, 2.75) is 0 Å². The number of aromatic amines is 1.